The lowest BCUT2D eigenvalue weighted by atomic mass is 10.1. The maximum Gasteiger partial charge on any atom is 0.237 e. The second-order valence-electron chi connectivity index (χ2n) is 5.15. The number of aryl methyl sites for hydroxylation is 1. The summed E-state index contributed by atoms with van der Waals surface area (Å²) >= 11 is 0. The predicted octanol–water partition coefficient (Wildman–Crippen LogP) is 0.935. The van der Waals surface area contributed by atoms with Gasteiger partial charge in [-0.3, -0.25) is 4.79 Å². The maximum absolute atomic E-state index is 12.1. The van der Waals surface area contributed by atoms with Crippen LogP contribution >= 0.6 is 12.4 Å². The molecule has 1 aliphatic carbocycles. The van der Waals surface area contributed by atoms with Gasteiger partial charge in [0.1, 0.15) is 0 Å². The number of aliphatic hydroxyl groups excluding tert-OH is 1. The second kappa shape index (κ2) is 5.90. The standard InChI is InChI=1S/C14H18N2O2.ClH/c17-10-7-13(15-8-10)14(18)16-12-6-5-9-3-1-2-4-11(9)12;/h1-4,10,12-13,15,17H,5-8H2,(H,16,18);1H. The van der Waals surface area contributed by atoms with Gasteiger partial charge in [-0.2, -0.15) is 0 Å². The minimum Gasteiger partial charge on any atom is -0.392 e. The molecule has 5 heteroatoms. The Morgan fingerprint density at radius 1 is 1.37 bits per heavy atom. The fraction of sp³-hybridized carbons (Fsp3) is 0.500. The monoisotopic (exact) mass is 282 g/mol. The van der Waals surface area contributed by atoms with Gasteiger partial charge in [-0.25, -0.2) is 0 Å². The number of hydrogen-bond acceptors (Lipinski definition) is 3. The topological polar surface area (TPSA) is 61.4 Å². The average Bonchev–Trinajstić information content (AvgIpc) is 2.97. The van der Waals surface area contributed by atoms with Gasteiger partial charge in [-0.1, -0.05) is 24.3 Å². The van der Waals surface area contributed by atoms with Crippen molar-refractivity contribution in [2.45, 2.75) is 37.5 Å². The summed E-state index contributed by atoms with van der Waals surface area (Å²) in [7, 11) is 0. The summed E-state index contributed by atoms with van der Waals surface area (Å²) in [6, 6.07) is 8.16. The molecule has 0 aromatic heterocycles. The normalized spacial score (nSPS) is 28.6. The summed E-state index contributed by atoms with van der Waals surface area (Å²) in [6.45, 7) is 0.513. The predicted molar refractivity (Wildman–Crippen MR) is 75.3 cm³/mol. The molecule has 0 spiro atoms. The Morgan fingerprint density at radius 2 is 2.16 bits per heavy atom. The Balaban J connectivity index is 0.00000133. The summed E-state index contributed by atoms with van der Waals surface area (Å²) < 4.78 is 0. The average molecular weight is 283 g/mol. The van der Waals surface area contributed by atoms with Gasteiger partial charge < -0.3 is 15.7 Å². The highest BCUT2D eigenvalue weighted by Crippen LogP contribution is 2.30. The summed E-state index contributed by atoms with van der Waals surface area (Å²) in [6.07, 6.45) is 2.12. The number of aliphatic hydroxyl groups is 1. The van der Waals surface area contributed by atoms with Crippen molar-refractivity contribution in [3.05, 3.63) is 35.4 Å². The van der Waals surface area contributed by atoms with Crippen LogP contribution in [0, 0.1) is 0 Å². The third kappa shape index (κ3) is 2.91. The molecule has 1 saturated heterocycles. The molecule has 1 amide bonds. The van der Waals surface area contributed by atoms with Crippen molar-refractivity contribution in [2.75, 3.05) is 6.54 Å². The van der Waals surface area contributed by atoms with Gasteiger partial charge in [0.25, 0.3) is 0 Å². The molecule has 1 aliphatic heterocycles. The molecule has 0 bridgehead atoms. The van der Waals surface area contributed by atoms with Crippen LogP contribution in [0.3, 0.4) is 0 Å². The number of carbonyl (C=O) groups is 1. The van der Waals surface area contributed by atoms with E-state index < -0.39 is 6.10 Å². The van der Waals surface area contributed by atoms with E-state index in [1.807, 2.05) is 12.1 Å². The molecular formula is C14H19ClN2O2. The van der Waals surface area contributed by atoms with E-state index in [0.717, 1.165) is 12.8 Å². The van der Waals surface area contributed by atoms with E-state index in [1.165, 1.54) is 11.1 Å². The highest BCUT2D eigenvalue weighted by Gasteiger charge is 2.31. The molecule has 1 aromatic rings. The number of carbonyl (C=O) groups excluding carboxylic acids is 1. The molecule has 3 atom stereocenters. The molecule has 4 nitrogen and oxygen atoms in total. The Labute approximate surface area is 119 Å². The zero-order chi connectivity index (χ0) is 12.5. The first kappa shape index (κ1) is 14.3. The Bertz CT molecular complexity index is 467. The van der Waals surface area contributed by atoms with E-state index in [4.69, 9.17) is 0 Å². The van der Waals surface area contributed by atoms with Gasteiger partial charge in [-0.15, -0.1) is 12.4 Å². The Morgan fingerprint density at radius 3 is 2.89 bits per heavy atom. The van der Waals surface area contributed by atoms with Crippen LogP contribution in [0.25, 0.3) is 0 Å². The SMILES string of the molecule is Cl.O=C(NC1CCc2ccccc21)C1CC(O)CN1. The highest BCUT2D eigenvalue weighted by atomic mass is 35.5. The minimum absolute atomic E-state index is 0. The van der Waals surface area contributed by atoms with Crippen molar-refractivity contribution >= 4 is 18.3 Å². The minimum atomic E-state index is -0.392. The smallest absolute Gasteiger partial charge is 0.237 e. The molecule has 104 valence electrons. The van der Waals surface area contributed by atoms with E-state index in [2.05, 4.69) is 22.8 Å². The van der Waals surface area contributed by atoms with Crippen LogP contribution < -0.4 is 10.6 Å². The molecule has 3 rings (SSSR count). The molecule has 3 unspecified atom stereocenters. The molecule has 3 N–H and O–H groups in total. The van der Waals surface area contributed by atoms with Gasteiger partial charge in [0.05, 0.1) is 18.2 Å². The van der Waals surface area contributed by atoms with E-state index in [9.17, 15) is 9.90 Å². The fourth-order valence-electron chi connectivity index (χ4n) is 2.90. The first-order valence-electron chi connectivity index (χ1n) is 6.53. The third-order valence-corrected chi connectivity index (χ3v) is 3.87. The van der Waals surface area contributed by atoms with Crippen molar-refractivity contribution in [3.63, 3.8) is 0 Å². The zero-order valence-corrected chi connectivity index (χ0v) is 11.5. The summed E-state index contributed by atoms with van der Waals surface area (Å²) in [5.41, 5.74) is 2.58. The first-order valence-corrected chi connectivity index (χ1v) is 6.53. The zero-order valence-electron chi connectivity index (χ0n) is 10.6. The summed E-state index contributed by atoms with van der Waals surface area (Å²) in [5.74, 6) is 0.00764. The summed E-state index contributed by atoms with van der Waals surface area (Å²) in [4.78, 5) is 12.1. The number of halogens is 1. The number of fused-ring (bicyclic) bond motifs is 1. The molecule has 0 radical (unpaired) electrons. The van der Waals surface area contributed by atoms with Crippen LogP contribution in [-0.4, -0.2) is 29.7 Å². The molecule has 19 heavy (non-hydrogen) atoms. The van der Waals surface area contributed by atoms with E-state index in [-0.39, 0.29) is 30.4 Å². The number of β-amino-alcohol motifs (C(OH)–C–C–N with tert-alkyl or cyclic N) is 1. The largest absolute Gasteiger partial charge is 0.392 e. The Kier molecular flexibility index (Phi) is 4.45. The molecule has 1 aromatic carbocycles. The molecule has 2 aliphatic rings. The molecule has 0 saturated carbocycles. The second-order valence-corrected chi connectivity index (χ2v) is 5.15. The van der Waals surface area contributed by atoms with Gasteiger partial charge in [0, 0.05) is 6.54 Å². The van der Waals surface area contributed by atoms with Gasteiger partial charge in [-0.05, 0) is 30.4 Å². The van der Waals surface area contributed by atoms with E-state index >= 15 is 0 Å². The number of rotatable bonds is 2. The van der Waals surface area contributed by atoms with Crippen LogP contribution in [-0.2, 0) is 11.2 Å². The lowest BCUT2D eigenvalue weighted by Gasteiger charge is -2.17. The van der Waals surface area contributed by atoms with Crippen molar-refractivity contribution < 1.29 is 9.90 Å². The van der Waals surface area contributed by atoms with Crippen LogP contribution in [0.2, 0.25) is 0 Å². The van der Waals surface area contributed by atoms with Crippen LogP contribution in [0.5, 0.6) is 0 Å². The van der Waals surface area contributed by atoms with Crippen LogP contribution in [0.4, 0.5) is 0 Å². The van der Waals surface area contributed by atoms with E-state index in [1.54, 1.807) is 0 Å². The van der Waals surface area contributed by atoms with Crippen LogP contribution in [0.1, 0.15) is 30.0 Å². The van der Waals surface area contributed by atoms with Gasteiger partial charge >= 0.3 is 0 Å². The third-order valence-electron chi connectivity index (χ3n) is 3.87. The van der Waals surface area contributed by atoms with Crippen LogP contribution in [0.15, 0.2) is 24.3 Å². The quantitative estimate of drug-likeness (QED) is 0.756. The molecule has 1 heterocycles. The van der Waals surface area contributed by atoms with Gasteiger partial charge in [0.2, 0.25) is 5.91 Å². The fourth-order valence-corrected chi connectivity index (χ4v) is 2.90. The number of hydrogen-bond donors (Lipinski definition) is 3. The maximum atomic E-state index is 12.1. The molecule has 1 fully saturated rings. The highest BCUT2D eigenvalue weighted by molar-refractivity contribution is 5.85. The summed E-state index contributed by atoms with van der Waals surface area (Å²) in [5, 5.41) is 15.6. The lowest BCUT2D eigenvalue weighted by molar-refractivity contribution is -0.123. The Hall–Kier alpha value is -1.10. The van der Waals surface area contributed by atoms with Crippen molar-refractivity contribution in [2.24, 2.45) is 0 Å². The number of amides is 1. The van der Waals surface area contributed by atoms with Crippen molar-refractivity contribution in [3.8, 4) is 0 Å². The van der Waals surface area contributed by atoms with Crippen molar-refractivity contribution in [1.29, 1.82) is 0 Å². The number of nitrogens with one attached hydrogen (secondary N) is 2. The van der Waals surface area contributed by atoms with Crippen molar-refractivity contribution in [1.82, 2.24) is 10.6 Å². The molecular weight excluding hydrogens is 264 g/mol. The lowest BCUT2D eigenvalue weighted by Crippen LogP contribution is -2.41. The first-order chi connectivity index (χ1) is 8.74. The van der Waals surface area contributed by atoms with E-state index in [0.29, 0.717) is 13.0 Å². The number of benzene rings is 1. The van der Waals surface area contributed by atoms with Gasteiger partial charge in [0.15, 0.2) is 0 Å².